The molecule has 4 N–H and O–H groups in total. The fourth-order valence-corrected chi connectivity index (χ4v) is 3.09. The first kappa shape index (κ1) is 19.4. The van der Waals surface area contributed by atoms with Crippen molar-refractivity contribution in [2.75, 3.05) is 23.7 Å². The van der Waals surface area contributed by atoms with Gasteiger partial charge in [0.05, 0.1) is 6.33 Å². The predicted octanol–water partition coefficient (Wildman–Crippen LogP) is 1.72. The van der Waals surface area contributed by atoms with Crippen molar-refractivity contribution in [1.82, 2.24) is 20.2 Å². The number of piperazine rings is 1. The second-order valence-electron chi connectivity index (χ2n) is 6.59. The average molecular weight is 384 g/mol. The molecule has 0 unspecified atom stereocenters. The maximum Gasteiger partial charge on any atom is 0.322 e. The van der Waals surface area contributed by atoms with Gasteiger partial charge in [0.1, 0.15) is 6.04 Å². The number of imidazole rings is 1. The molecule has 0 bridgehead atoms. The van der Waals surface area contributed by atoms with E-state index in [4.69, 9.17) is 0 Å². The fourth-order valence-electron chi connectivity index (χ4n) is 3.09. The topological polar surface area (TPSA) is 119 Å². The van der Waals surface area contributed by atoms with Crippen LogP contribution in [0.1, 0.15) is 25.5 Å². The van der Waals surface area contributed by atoms with Gasteiger partial charge in [-0.05, 0) is 24.6 Å². The van der Waals surface area contributed by atoms with Crippen molar-refractivity contribution >= 4 is 29.2 Å². The number of rotatable bonds is 6. The van der Waals surface area contributed by atoms with Gasteiger partial charge in [-0.3, -0.25) is 9.59 Å². The lowest BCUT2D eigenvalue weighted by atomic mass is 10.1. The molecule has 9 nitrogen and oxygen atoms in total. The lowest BCUT2D eigenvalue weighted by Gasteiger charge is -2.34. The first-order valence-electron chi connectivity index (χ1n) is 9.29. The minimum absolute atomic E-state index is 0.0710. The van der Waals surface area contributed by atoms with E-state index < -0.39 is 6.04 Å². The van der Waals surface area contributed by atoms with Gasteiger partial charge in [0, 0.05) is 49.2 Å². The molecule has 2 heterocycles. The molecular weight excluding hydrogens is 360 g/mol. The lowest BCUT2D eigenvalue weighted by Crippen LogP contribution is -2.59. The van der Waals surface area contributed by atoms with Crippen molar-refractivity contribution in [3.63, 3.8) is 0 Å². The highest BCUT2D eigenvalue weighted by Gasteiger charge is 2.33. The Hall–Kier alpha value is -3.36. The summed E-state index contributed by atoms with van der Waals surface area (Å²) in [7, 11) is 0. The quantitative estimate of drug-likeness (QED) is 0.606. The Morgan fingerprint density at radius 2 is 2.07 bits per heavy atom. The molecule has 1 aromatic carbocycles. The second kappa shape index (κ2) is 9.03. The molecule has 0 spiro atoms. The fraction of sp³-hybridized carbons (Fsp3) is 0.368. The summed E-state index contributed by atoms with van der Waals surface area (Å²) in [5.41, 5.74) is 1.94. The number of urea groups is 1. The number of hydrogen-bond acceptors (Lipinski definition) is 4. The Labute approximate surface area is 162 Å². The summed E-state index contributed by atoms with van der Waals surface area (Å²) >= 11 is 0. The molecule has 0 aliphatic carbocycles. The van der Waals surface area contributed by atoms with Gasteiger partial charge in [0.15, 0.2) is 0 Å². The lowest BCUT2D eigenvalue weighted by molar-refractivity contribution is -0.127. The molecule has 1 aliphatic rings. The normalized spacial score (nSPS) is 16.4. The molecule has 28 heavy (non-hydrogen) atoms. The van der Waals surface area contributed by atoms with Gasteiger partial charge in [0.2, 0.25) is 11.8 Å². The van der Waals surface area contributed by atoms with Gasteiger partial charge in [-0.25, -0.2) is 9.78 Å². The van der Waals surface area contributed by atoms with Gasteiger partial charge < -0.3 is 25.8 Å². The van der Waals surface area contributed by atoms with Crippen LogP contribution in [0.15, 0.2) is 36.8 Å². The average Bonchev–Trinajstić information content (AvgIpc) is 3.17. The third-order valence-corrected chi connectivity index (χ3v) is 4.43. The van der Waals surface area contributed by atoms with Crippen LogP contribution in [0.4, 0.5) is 16.2 Å². The molecule has 148 valence electrons. The SMILES string of the molecule is CCCC(=O)Nc1cccc(NC(=O)N2CCNC(=O)[C@H]2Cc2cnc[nH]2)c1. The maximum atomic E-state index is 12.8. The molecule has 1 atom stereocenters. The van der Waals surface area contributed by atoms with E-state index in [0.29, 0.717) is 37.3 Å². The van der Waals surface area contributed by atoms with Crippen molar-refractivity contribution in [1.29, 1.82) is 0 Å². The van der Waals surface area contributed by atoms with Crippen molar-refractivity contribution in [2.24, 2.45) is 0 Å². The van der Waals surface area contributed by atoms with Gasteiger partial charge >= 0.3 is 6.03 Å². The number of nitrogens with one attached hydrogen (secondary N) is 4. The molecule has 2 aromatic rings. The molecule has 3 rings (SSSR count). The number of nitrogens with zero attached hydrogens (tertiary/aromatic N) is 2. The molecule has 0 saturated carbocycles. The van der Waals surface area contributed by atoms with E-state index in [1.165, 1.54) is 4.90 Å². The number of carbonyl (C=O) groups is 3. The van der Waals surface area contributed by atoms with Crippen LogP contribution in [0, 0.1) is 0 Å². The number of H-pyrrole nitrogens is 1. The van der Waals surface area contributed by atoms with E-state index in [1.54, 1.807) is 36.8 Å². The van der Waals surface area contributed by atoms with Crippen LogP contribution in [-0.2, 0) is 16.0 Å². The summed E-state index contributed by atoms with van der Waals surface area (Å²) in [5.74, 6) is -0.269. The first-order chi connectivity index (χ1) is 13.6. The molecule has 1 fully saturated rings. The zero-order valence-electron chi connectivity index (χ0n) is 15.7. The summed E-state index contributed by atoms with van der Waals surface area (Å²) in [6.07, 6.45) is 4.73. The zero-order chi connectivity index (χ0) is 19.9. The van der Waals surface area contributed by atoms with Crippen LogP contribution < -0.4 is 16.0 Å². The van der Waals surface area contributed by atoms with Crippen LogP contribution >= 0.6 is 0 Å². The van der Waals surface area contributed by atoms with Crippen LogP contribution in [0.25, 0.3) is 0 Å². The Morgan fingerprint density at radius 1 is 1.29 bits per heavy atom. The molecule has 1 aliphatic heterocycles. The third-order valence-electron chi connectivity index (χ3n) is 4.43. The molecular formula is C19H24N6O3. The Balaban J connectivity index is 1.68. The van der Waals surface area contributed by atoms with Gasteiger partial charge in [-0.15, -0.1) is 0 Å². The smallest absolute Gasteiger partial charge is 0.322 e. The second-order valence-corrected chi connectivity index (χ2v) is 6.59. The number of amides is 4. The Kier molecular flexibility index (Phi) is 6.25. The summed E-state index contributed by atoms with van der Waals surface area (Å²) in [4.78, 5) is 45.3. The summed E-state index contributed by atoms with van der Waals surface area (Å²) in [6.45, 7) is 2.74. The van der Waals surface area contributed by atoms with Crippen LogP contribution in [-0.4, -0.2) is 51.8 Å². The van der Waals surface area contributed by atoms with Crippen LogP contribution in [0.2, 0.25) is 0 Å². The van der Waals surface area contributed by atoms with Crippen molar-refractivity contribution in [2.45, 2.75) is 32.2 Å². The van der Waals surface area contributed by atoms with Gasteiger partial charge in [-0.1, -0.05) is 13.0 Å². The highest BCUT2D eigenvalue weighted by atomic mass is 16.2. The van der Waals surface area contributed by atoms with Crippen LogP contribution in [0.5, 0.6) is 0 Å². The largest absolute Gasteiger partial charge is 0.353 e. The van der Waals surface area contributed by atoms with Crippen molar-refractivity contribution in [3.05, 3.63) is 42.5 Å². The Morgan fingerprint density at radius 3 is 2.79 bits per heavy atom. The Bertz CT molecular complexity index is 836. The number of benzene rings is 1. The monoisotopic (exact) mass is 384 g/mol. The van der Waals surface area contributed by atoms with E-state index in [9.17, 15) is 14.4 Å². The minimum atomic E-state index is -0.623. The zero-order valence-corrected chi connectivity index (χ0v) is 15.7. The van der Waals surface area contributed by atoms with E-state index in [2.05, 4.69) is 25.9 Å². The minimum Gasteiger partial charge on any atom is -0.353 e. The van der Waals surface area contributed by atoms with E-state index in [-0.39, 0.29) is 17.8 Å². The predicted molar refractivity (Wildman–Crippen MR) is 105 cm³/mol. The van der Waals surface area contributed by atoms with Gasteiger partial charge in [-0.2, -0.15) is 0 Å². The molecule has 0 radical (unpaired) electrons. The molecule has 9 heteroatoms. The van der Waals surface area contributed by atoms with E-state index >= 15 is 0 Å². The summed E-state index contributed by atoms with van der Waals surface area (Å²) in [5, 5.41) is 8.41. The number of carbonyl (C=O) groups excluding carboxylic acids is 3. The van der Waals surface area contributed by atoms with Gasteiger partial charge in [0.25, 0.3) is 0 Å². The number of aromatic nitrogens is 2. The number of hydrogen-bond donors (Lipinski definition) is 4. The highest BCUT2D eigenvalue weighted by Crippen LogP contribution is 2.18. The third kappa shape index (κ3) is 4.87. The van der Waals surface area contributed by atoms with Crippen molar-refractivity contribution < 1.29 is 14.4 Å². The van der Waals surface area contributed by atoms with Crippen molar-refractivity contribution in [3.8, 4) is 0 Å². The molecule has 1 aromatic heterocycles. The molecule has 1 saturated heterocycles. The summed E-state index contributed by atoms with van der Waals surface area (Å²) in [6, 6.07) is 5.96. The maximum absolute atomic E-state index is 12.8. The number of anilines is 2. The van der Waals surface area contributed by atoms with Crippen LogP contribution in [0.3, 0.4) is 0 Å². The first-order valence-corrected chi connectivity index (χ1v) is 9.29. The van der Waals surface area contributed by atoms with E-state index in [0.717, 1.165) is 12.1 Å². The summed E-state index contributed by atoms with van der Waals surface area (Å²) < 4.78 is 0. The van der Waals surface area contributed by atoms with E-state index in [1.807, 2.05) is 6.92 Å². The standard InChI is InChI=1S/C19H24N6O3/c1-2-4-17(26)23-13-5-3-6-14(9-13)24-19(28)25-8-7-21-18(27)16(25)10-15-11-20-12-22-15/h3,5-6,9,11-12,16H,2,4,7-8,10H2,1H3,(H,20,22)(H,21,27)(H,23,26)(H,24,28)/t16-/m1/s1. The highest BCUT2D eigenvalue weighted by molar-refractivity contribution is 5.96. The molecule has 4 amide bonds. The number of aromatic amines is 1.